The zero-order valence-corrected chi connectivity index (χ0v) is 19.6. The number of likely N-dealkylation sites (tertiary alicyclic amines) is 1. The lowest BCUT2D eigenvalue weighted by Crippen LogP contribution is -2.32. The number of pyridine rings is 2. The van der Waals surface area contributed by atoms with Gasteiger partial charge in [0.1, 0.15) is 11.3 Å². The highest BCUT2D eigenvalue weighted by Crippen LogP contribution is 2.34. The molecule has 4 heterocycles. The van der Waals surface area contributed by atoms with Crippen LogP contribution < -0.4 is 4.74 Å². The minimum absolute atomic E-state index is 0.346. The van der Waals surface area contributed by atoms with Gasteiger partial charge in [0.2, 0.25) is 0 Å². The summed E-state index contributed by atoms with van der Waals surface area (Å²) in [6.45, 7) is 7.51. The Morgan fingerprint density at radius 3 is 2.55 bits per heavy atom. The molecule has 33 heavy (non-hydrogen) atoms. The molecule has 0 unspecified atom stereocenters. The first-order valence-corrected chi connectivity index (χ1v) is 11.8. The molecule has 1 aromatic carbocycles. The Kier molecular flexibility index (Phi) is 6.09. The van der Waals surface area contributed by atoms with Crippen molar-refractivity contribution in [2.45, 2.75) is 45.2 Å². The average molecular weight is 442 g/mol. The Hall–Kier alpha value is -3.25. The number of aromatic nitrogens is 4. The van der Waals surface area contributed by atoms with E-state index >= 15 is 0 Å². The van der Waals surface area contributed by atoms with Crippen LogP contribution in [0.3, 0.4) is 0 Å². The van der Waals surface area contributed by atoms with Gasteiger partial charge in [-0.3, -0.25) is 14.9 Å². The maximum atomic E-state index is 5.28. The van der Waals surface area contributed by atoms with Crippen LogP contribution in [-0.2, 0) is 6.54 Å². The number of benzene rings is 1. The molecule has 170 valence electrons. The fourth-order valence-electron chi connectivity index (χ4n) is 4.75. The van der Waals surface area contributed by atoms with Crippen molar-refractivity contribution in [1.29, 1.82) is 0 Å². The standard InChI is InChI=1S/C27H31N5O/c1-19(2)32-18-29-27-25(32)15-24(30-26(27)22-5-4-12-28-16-22)21-10-13-31(14-11-21)17-20-6-8-23(33-3)9-7-20/h4-9,12,15-16,18-19,21H,10-11,13-14,17H2,1-3H3. The molecule has 1 fully saturated rings. The number of methoxy groups -OCH3 is 1. The van der Waals surface area contributed by atoms with Crippen LogP contribution in [0.5, 0.6) is 5.75 Å². The zero-order chi connectivity index (χ0) is 22.8. The Bertz CT molecular complexity index is 1210. The van der Waals surface area contributed by atoms with Gasteiger partial charge in [-0.2, -0.15) is 0 Å². The van der Waals surface area contributed by atoms with E-state index in [4.69, 9.17) is 14.7 Å². The molecule has 0 amide bonds. The van der Waals surface area contributed by atoms with Crippen LogP contribution in [-0.4, -0.2) is 44.6 Å². The summed E-state index contributed by atoms with van der Waals surface area (Å²) in [5.41, 5.74) is 6.58. The normalized spacial score (nSPS) is 15.4. The molecule has 0 radical (unpaired) electrons. The molecule has 4 aromatic rings. The molecule has 1 aliphatic heterocycles. The summed E-state index contributed by atoms with van der Waals surface area (Å²) >= 11 is 0. The van der Waals surface area contributed by atoms with Crippen LogP contribution in [0, 0.1) is 0 Å². The van der Waals surface area contributed by atoms with Crippen LogP contribution in [0.2, 0.25) is 0 Å². The van der Waals surface area contributed by atoms with Crippen LogP contribution in [0.1, 0.15) is 49.9 Å². The third-order valence-corrected chi connectivity index (χ3v) is 6.64. The smallest absolute Gasteiger partial charge is 0.118 e. The van der Waals surface area contributed by atoms with Crippen molar-refractivity contribution in [2.75, 3.05) is 20.2 Å². The Morgan fingerprint density at radius 2 is 1.88 bits per heavy atom. The molecular formula is C27H31N5O. The van der Waals surface area contributed by atoms with E-state index < -0.39 is 0 Å². The molecule has 1 aliphatic rings. The summed E-state index contributed by atoms with van der Waals surface area (Å²) in [4.78, 5) is 16.7. The van der Waals surface area contributed by atoms with Gasteiger partial charge in [0, 0.05) is 42.2 Å². The van der Waals surface area contributed by atoms with Gasteiger partial charge < -0.3 is 9.30 Å². The van der Waals surface area contributed by atoms with Crippen LogP contribution >= 0.6 is 0 Å². The van der Waals surface area contributed by atoms with Gasteiger partial charge in [0.15, 0.2) is 0 Å². The van der Waals surface area contributed by atoms with E-state index in [0.29, 0.717) is 12.0 Å². The maximum Gasteiger partial charge on any atom is 0.118 e. The second-order valence-corrected chi connectivity index (χ2v) is 9.15. The van der Waals surface area contributed by atoms with Gasteiger partial charge in [-0.05, 0) is 75.7 Å². The molecule has 0 aliphatic carbocycles. The fraction of sp³-hybridized carbons (Fsp3) is 0.370. The van der Waals surface area contributed by atoms with Crippen molar-refractivity contribution in [3.05, 3.63) is 72.4 Å². The van der Waals surface area contributed by atoms with Crippen LogP contribution in [0.15, 0.2) is 61.2 Å². The molecule has 5 rings (SSSR count). The summed E-state index contributed by atoms with van der Waals surface area (Å²) in [7, 11) is 1.71. The van der Waals surface area contributed by atoms with E-state index in [1.807, 2.05) is 30.7 Å². The molecule has 6 heteroatoms. The van der Waals surface area contributed by atoms with Crippen molar-refractivity contribution in [1.82, 2.24) is 24.4 Å². The quantitative estimate of drug-likeness (QED) is 0.398. The monoisotopic (exact) mass is 441 g/mol. The van der Waals surface area contributed by atoms with Gasteiger partial charge in [0.25, 0.3) is 0 Å². The number of rotatable bonds is 6. The second kappa shape index (κ2) is 9.32. The highest BCUT2D eigenvalue weighted by molar-refractivity contribution is 5.90. The van der Waals surface area contributed by atoms with Crippen molar-refractivity contribution in [2.24, 2.45) is 0 Å². The summed E-state index contributed by atoms with van der Waals surface area (Å²) in [5, 5.41) is 0. The fourth-order valence-corrected chi connectivity index (χ4v) is 4.75. The first-order chi connectivity index (χ1) is 16.1. The number of fused-ring (bicyclic) bond motifs is 1. The Morgan fingerprint density at radius 1 is 1.09 bits per heavy atom. The molecular weight excluding hydrogens is 410 g/mol. The zero-order valence-electron chi connectivity index (χ0n) is 19.6. The predicted molar refractivity (Wildman–Crippen MR) is 131 cm³/mol. The average Bonchev–Trinajstić information content (AvgIpc) is 3.29. The van der Waals surface area contributed by atoms with Crippen molar-refractivity contribution in [3.63, 3.8) is 0 Å². The Balaban J connectivity index is 1.39. The minimum Gasteiger partial charge on any atom is -0.497 e. The number of imidazole rings is 1. The third kappa shape index (κ3) is 4.48. The van der Waals surface area contributed by atoms with E-state index in [1.165, 1.54) is 11.3 Å². The predicted octanol–water partition coefficient (Wildman–Crippen LogP) is 5.46. The van der Waals surface area contributed by atoms with Crippen molar-refractivity contribution in [3.8, 4) is 17.0 Å². The lowest BCUT2D eigenvalue weighted by molar-refractivity contribution is 0.203. The van der Waals surface area contributed by atoms with Gasteiger partial charge in [-0.1, -0.05) is 12.1 Å². The highest BCUT2D eigenvalue weighted by Gasteiger charge is 2.24. The Labute approximate surface area is 195 Å². The minimum atomic E-state index is 0.346. The third-order valence-electron chi connectivity index (χ3n) is 6.64. The lowest BCUT2D eigenvalue weighted by Gasteiger charge is -2.32. The van der Waals surface area contributed by atoms with E-state index in [9.17, 15) is 0 Å². The summed E-state index contributed by atoms with van der Waals surface area (Å²) in [5.74, 6) is 1.36. The molecule has 0 spiro atoms. The summed E-state index contributed by atoms with van der Waals surface area (Å²) in [6.07, 6.45) is 7.85. The lowest BCUT2D eigenvalue weighted by atomic mass is 9.92. The van der Waals surface area contributed by atoms with Crippen molar-refractivity contribution < 1.29 is 4.74 Å². The van der Waals surface area contributed by atoms with Gasteiger partial charge >= 0.3 is 0 Å². The summed E-state index contributed by atoms with van der Waals surface area (Å²) in [6, 6.07) is 15.1. The van der Waals surface area contributed by atoms with E-state index in [2.05, 4.69) is 52.6 Å². The summed E-state index contributed by atoms with van der Waals surface area (Å²) < 4.78 is 7.53. The number of piperidine rings is 1. The van der Waals surface area contributed by atoms with E-state index in [1.54, 1.807) is 13.3 Å². The first-order valence-electron chi connectivity index (χ1n) is 11.8. The molecule has 6 nitrogen and oxygen atoms in total. The number of nitrogens with zero attached hydrogens (tertiary/aromatic N) is 5. The van der Waals surface area contributed by atoms with Gasteiger partial charge in [0.05, 0.1) is 24.6 Å². The van der Waals surface area contributed by atoms with Crippen LogP contribution in [0.25, 0.3) is 22.3 Å². The number of ether oxygens (including phenoxy) is 1. The van der Waals surface area contributed by atoms with Crippen molar-refractivity contribution >= 4 is 11.0 Å². The van der Waals surface area contributed by atoms with Gasteiger partial charge in [-0.15, -0.1) is 0 Å². The second-order valence-electron chi connectivity index (χ2n) is 9.15. The highest BCUT2D eigenvalue weighted by atomic mass is 16.5. The topological polar surface area (TPSA) is 56.1 Å². The SMILES string of the molecule is COc1ccc(CN2CCC(c3cc4c(ncn4C(C)C)c(-c4cccnc4)n3)CC2)cc1. The molecule has 0 bridgehead atoms. The molecule has 3 aromatic heterocycles. The molecule has 0 atom stereocenters. The largest absolute Gasteiger partial charge is 0.497 e. The molecule has 1 saturated heterocycles. The number of hydrogen-bond donors (Lipinski definition) is 0. The van der Waals surface area contributed by atoms with Gasteiger partial charge in [-0.25, -0.2) is 4.98 Å². The first kappa shape index (κ1) is 21.6. The number of hydrogen-bond acceptors (Lipinski definition) is 5. The van der Waals surface area contributed by atoms with E-state index in [-0.39, 0.29) is 0 Å². The molecule has 0 saturated carbocycles. The molecule has 0 N–H and O–H groups in total. The van der Waals surface area contributed by atoms with Crippen LogP contribution in [0.4, 0.5) is 0 Å². The van der Waals surface area contributed by atoms with E-state index in [0.717, 1.165) is 60.5 Å². The maximum absolute atomic E-state index is 5.28.